The number of halogens is 1. The van der Waals surface area contributed by atoms with Gasteiger partial charge < -0.3 is 9.64 Å². The SMILES string of the molecule is Cc1cccc(CN(CCN2CCOCC2)C(=O)c2cccc(F)c2)c1. The Morgan fingerprint density at radius 2 is 1.92 bits per heavy atom. The van der Waals surface area contributed by atoms with E-state index in [0.29, 0.717) is 18.7 Å². The Hall–Kier alpha value is -2.24. The van der Waals surface area contributed by atoms with Gasteiger partial charge in [-0.25, -0.2) is 4.39 Å². The Bertz CT molecular complexity index is 744. The minimum Gasteiger partial charge on any atom is -0.379 e. The maximum atomic E-state index is 13.6. The van der Waals surface area contributed by atoms with Gasteiger partial charge in [0.2, 0.25) is 0 Å². The number of hydrogen-bond acceptors (Lipinski definition) is 3. The summed E-state index contributed by atoms with van der Waals surface area (Å²) in [5.74, 6) is -0.529. The first-order chi connectivity index (χ1) is 12.6. The number of amides is 1. The van der Waals surface area contributed by atoms with Crippen molar-refractivity contribution < 1.29 is 13.9 Å². The van der Waals surface area contributed by atoms with Crippen molar-refractivity contribution in [1.29, 1.82) is 0 Å². The van der Waals surface area contributed by atoms with Crippen LogP contribution in [-0.2, 0) is 11.3 Å². The largest absolute Gasteiger partial charge is 0.379 e. The third kappa shape index (κ3) is 5.13. The van der Waals surface area contributed by atoms with E-state index in [-0.39, 0.29) is 11.7 Å². The zero-order valence-corrected chi connectivity index (χ0v) is 15.2. The zero-order chi connectivity index (χ0) is 18.4. The van der Waals surface area contributed by atoms with E-state index in [9.17, 15) is 9.18 Å². The number of aryl methyl sites for hydroxylation is 1. The number of carbonyl (C=O) groups is 1. The molecule has 0 radical (unpaired) electrons. The van der Waals surface area contributed by atoms with Gasteiger partial charge in [-0.2, -0.15) is 0 Å². The number of benzene rings is 2. The molecule has 0 N–H and O–H groups in total. The predicted octanol–water partition coefficient (Wildman–Crippen LogP) is 3.11. The molecule has 1 aliphatic rings. The van der Waals surface area contributed by atoms with Crippen molar-refractivity contribution in [3.63, 3.8) is 0 Å². The molecule has 4 nitrogen and oxygen atoms in total. The van der Waals surface area contributed by atoms with Gasteiger partial charge in [0.1, 0.15) is 5.82 Å². The lowest BCUT2D eigenvalue weighted by atomic mass is 10.1. The molecule has 5 heteroatoms. The summed E-state index contributed by atoms with van der Waals surface area (Å²) in [5, 5.41) is 0. The topological polar surface area (TPSA) is 32.8 Å². The molecule has 1 heterocycles. The lowest BCUT2D eigenvalue weighted by molar-refractivity contribution is 0.0320. The van der Waals surface area contributed by atoms with E-state index >= 15 is 0 Å². The third-order valence-electron chi connectivity index (χ3n) is 4.60. The molecule has 0 spiro atoms. The number of ether oxygens (including phenoxy) is 1. The fraction of sp³-hybridized carbons (Fsp3) is 0.381. The first-order valence-corrected chi connectivity index (χ1v) is 9.02. The van der Waals surface area contributed by atoms with Crippen LogP contribution in [0.25, 0.3) is 0 Å². The summed E-state index contributed by atoms with van der Waals surface area (Å²) < 4.78 is 18.9. The number of carbonyl (C=O) groups excluding carboxylic acids is 1. The second-order valence-electron chi connectivity index (χ2n) is 6.68. The van der Waals surface area contributed by atoms with Gasteiger partial charge in [-0.05, 0) is 30.7 Å². The molecule has 1 amide bonds. The number of morpholine rings is 1. The smallest absolute Gasteiger partial charge is 0.254 e. The first kappa shape index (κ1) is 18.5. The average Bonchev–Trinajstić information content (AvgIpc) is 2.65. The van der Waals surface area contributed by atoms with Crippen LogP contribution in [0.1, 0.15) is 21.5 Å². The van der Waals surface area contributed by atoms with Crippen LogP contribution in [0.2, 0.25) is 0 Å². The molecule has 0 unspecified atom stereocenters. The second-order valence-corrected chi connectivity index (χ2v) is 6.68. The minimum atomic E-state index is -0.389. The Balaban J connectivity index is 1.74. The standard InChI is InChI=1S/C21H25FN2O2/c1-17-4-2-5-18(14-17)16-24(9-8-23-10-12-26-13-11-23)21(25)19-6-3-7-20(22)15-19/h2-7,14-15H,8-13,16H2,1H3. The summed E-state index contributed by atoms with van der Waals surface area (Å²) in [7, 11) is 0. The Kier molecular flexibility index (Phi) is 6.36. The molecule has 3 rings (SSSR count). The van der Waals surface area contributed by atoms with Crippen LogP contribution in [0.3, 0.4) is 0 Å². The van der Waals surface area contributed by atoms with E-state index in [2.05, 4.69) is 11.0 Å². The van der Waals surface area contributed by atoms with Crippen LogP contribution in [0.5, 0.6) is 0 Å². The van der Waals surface area contributed by atoms with Crippen LogP contribution in [0.15, 0.2) is 48.5 Å². The molecule has 1 aliphatic heterocycles. The quantitative estimate of drug-likeness (QED) is 0.797. The zero-order valence-electron chi connectivity index (χ0n) is 15.2. The lowest BCUT2D eigenvalue weighted by Gasteiger charge is -2.30. The molecule has 0 aromatic heterocycles. The highest BCUT2D eigenvalue weighted by Crippen LogP contribution is 2.13. The van der Waals surface area contributed by atoms with Crippen molar-refractivity contribution >= 4 is 5.91 Å². The predicted molar refractivity (Wildman–Crippen MR) is 99.6 cm³/mol. The minimum absolute atomic E-state index is 0.140. The fourth-order valence-corrected chi connectivity index (χ4v) is 3.17. The van der Waals surface area contributed by atoms with Gasteiger partial charge in [0.25, 0.3) is 5.91 Å². The maximum Gasteiger partial charge on any atom is 0.254 e. The number of rotatable bonds is 6. The highest BCUT2D eigenvalue weighted by Gasteiger charge is 2.19. The summed E-state index contributed by atoms with van der Waals surface area (Å²) in [6, 6.07) is 14.1. The fourth-order valence-electron chi connectivity index (χ4n) is 3.17. The van der Waals surface area contributed by atoms with Crippen molar-refractivity contribution in [2.45, 2.75) is 13.5 Å². The van der Waals surface area contributed by atoms with Crippen molar-refractivity contribution in [2.24, 2.45) is 0 Å². The van der Waals surface area contributed by atoms with Gasteiger partial charge in [-0.15, -0.1) is 0 Å². The maximum absolute atomic E-state index is 13.6. The van der Waals surface area contributed by atoms with E-state index in [4.69, 9.17) is 4.74 Å². The molecule has 138 valence electrons. The van der Waals surface area contributed by atoms with E-state index in [1.807, 2.05) is 25.1 Å². The summed E-state index contributed by atoms with van der Waals surface area (Å²) in [6.07, 6.45) is 0. The van der Waals surface area contributed by atoms with Gasteiger partial charge >= 0.3 is 0 Å². The Morgan fingerprint density at radius 3 is 2.65 bits per heavy atom. The summed E-state index contributed by atoms with van der Waals surface area (Å²) in [6.45, 7) is 7.17. The monoisotopic (exact) mass is 356 g/mol. The highest BCUT2D eigenvalue weighted by molar-refractivity contribution is 5.94. The van der Waals surface area contributed by atoms with Gasteiger partial charge in [0, 0.05) is 38.3 Å². The highest BCUT2D eigenvalue weighted by atomic mass is 19.1. The van der Waals surface area contributed by atoms with Crippen LogP contribution < -0.4 is 0 Å². The summed E-state index contributed by atoms with van der Waals surface area (Å²) >= 11 is 0. The lowest BCUT2D eigenvalue weighted by Crippen LogP contribution is -2.42. The number of nitrogens with zero attached hydrogens (tertiary/aromatic N) is 2. The van der Waals surface area contributed by atoms with Crippen molar-refractivity contribution in [1.82, 2.24) is 9.80 Å². The van der Waals surface area contributed by atoms with Crippen molar-refractivity contribution in [2.75, 3.05) is 39.4 Å². The first-order valence-electron chi connectivity index (χ1n) is 9.02. The molecule has 1 saturated heterocycles. The van der Waals surface area contributed by atoms with Crippen LogP contribution in [-0.4, -0.2) is 55.1 Å². The molecule has 2 aromatic carbocycles. The third-order valence-corrected chi connectivity index (χ3v) is 4.60. The second kappa shape index (κ2) is 8.92. The van der Waals surface area contributed by atoms with Crippen molar-refractivity contribution in [3.05, 3.63) is 71.0 Å². The molecular formula is C21H25FN2O2. The Morgan fingerprint density at radius 1 is 1.15 bits per heavy atom. The van der Waals surface area contributed by atoms with E-state index < -0.39 is 0 Å². The molecule has 1 fully saturated rings. The summed E-state index contributed by atoms with van der Waals surface area (Å²) in [4.78, 5) is 17.1. The van der Waals surface area contributed by atoms with E-state index in [1.165, 1.54) is 12.1 Å². The Labute approximate surface area is 154 Å². The molecule has 0 saturated carbocycles. The van der Waals surface area contributed by atoms with Gasteiger partial charge in [0.15, 0.2) is 0 Å². The van der Waals surface area contributed by atoms with Crippen LogP contribution in [0.4, 0.5) is 4.39 Å². The van der Waals surface area contributed by atoms with Gasteiger partial charge in [0.05, 0.1) is 13.2 Å². The van der Waals surface area contributed by atoms with Gasteiger partial charge in [-0.1, -0.05) is 35.9 Å². The van der Waals surface area contributed by atoms with Crippen LogP contribution >= 0.6 is 0 Å². The summed E-state index contributed by atoms with van der Waals surface area (Å²) in [5.41, 5.74) is 2.63. The molecular weight excluding hydrogens is 331 g/mol. The van der Waals surface area contributed by atoms with Crippen molar-refractivity contribution in [3.8, 4) is 0 Å². The van der Waals surface area contributed by atoms with E-state index in [1.54, 1.807) is 17.0 Å². The molecule has 0 atom stereocenters. The average molecular weight is 356 g/mol. The van der Waals surface area contributed by atoms with Gasteiger partial charge in [-0.3, -0.25) is 9.69 Å². The molecule has 0 bridgehead atoms. The van der Waals surface area contributed by atoms with Crippen LogP contribution in [0, 0.1) is 12.7 Å². The number of hydrogen-bond donors (Lipinski definition) is 0. The molecule has 0 aliphatic carbocycles. The normalized spacial score (nSPS) is 15.0. The van der Waals surface area contributed by atoms with E-state index in [0.717, 1.165) is 44.0 Å². The molecule has 2 aromatic rings. The molecule has 26 heavy (non-hydrogen) atoms.